The highest BCUT2D eigenvalue weighted by atomic mass is 16.2. The summed E-state index contributed by atoms with van der Waals surface area (Å²) >= 11 is 0. The van der Waals surface area contributed by atoms with Crippen LogP contribution in [-0.2, 0) is 11.8 Å². The Bertz CT molecular complexity index is 1160. The predicted molar refractivity (Wildman–Crippen MR) is 124 cm³/mol. The average molecular weight is 425 g/mol. The van der Waals surface area contributed by atoms with Gasteiger partial charge in [-0.3, -0.25) is 9.59 Å². The van der Waals surface area contributed by atoms with E-state index in [9.17, 15) is 9.59 Å². The maximum atomic E-state index is 12.9. The van der Waals surface area contributed by atoms with Crippen molar-refractivity contribution in [1.82, 2.24) is 20.2 Å². The van der Waals surface area contributed by atoms with Crippen molar-refractivity contribution >= 4 is 11.8 Å². The monoisotopic (exact) mass is 424 g/mol. The minimum absolute atomic E-state index is 0.135. The van der Waals surface area contributed by atoms with Gasteiger partial charge in [0.25, 0.3) is 5.91 Å². The van der Waals surface area contributed by atoms with Crippen molar-refractivity contribution in [2.75, 3.05) is 6.54 Å². The van der Waals surface area contributed by atoms with Crippen LogP contribution in [0.3, 0.4) is 0 Å². The van der Waals surface area contributed by atoms with E-state index in [1.165, 1.54) is 0 Å². The van der Waals surface area contributed by atoms with E-state index in [0.29, 0.717) is 17.0 Å². The number of carbonyl (C=O) groups is 2. The number of aryl methyl sites for hydroxylation is 1. The van der Waals surface area contributed by atoms with Crippen LogP contribution in [0, 0.1) is 0 Å². The summed E-state index contributed by atoms with van der Waals surface area (Å²) in [5, 5.41) is 5.78. The van der Waals surface area contributed by atoms with Crippen molar-refractivity contribution < 1.29 is 9.59 Å². The first-order valence-electron chi connectivity index (χ1n) is 10.4. The van der Waals surface area contributed by atoms with Crippen LogP contribution in [0.5, 0.6) is 0 Å². The maximum absolute atomic E-state index is 12.9. The molecular weight excluding hydrogens is 400 g/mol. The predicted octanol–water partition coefficient (Wildman–Crippen LogP) is 3.72. The molecule has 32 heavy (non-hydrogen) atoms. The number of hydrogen-bond acceptors (Lipinski definition) is 3. The normalized spacial score (nSPS) is 10.7. The molecule has 4 rings (SSSR count). The van der Waals surface area contributed by atoms with Crippen LogP contribution in [0.25, 0.3) is 11.4 Å². The molecule has 6 nitrogen and oxygen atoms in total. The number of amides is 2. The fourth-order valence-corrected chi connectivity index (χ4v) is 3.62. The zero-order valence-electron chi connectivity index (χ0n) is 17.7. The van der Waals surface area contributed by atoms with Crippen LogP contribution in [0.1, 0.15) is 27.5 Å². The van der Waals surface area contributed by atoms with Crippen molar-refractivity contribution in [3.8, 4) is 11.4 Å². The van der Waals surface area contributed by atoms with E-state index in [1.54, 1.807) is 18.3 Å². The fourth-order valence-electron chi connectivity index (χ4n) is 3.62. The molecule has 0 saturated carbocycles. The lowest BCUT2D eigenvalue weighted by atomic mass is 9.99. The van der Waals surface area contributed by atoms with Crippen LogP contribution in [0.2, 0.25) is 0 Å². The third-order valence-corrected chi connectivity index (χ3v) is 5.21. The summed E-state index contributed by atoms with van der Waals surface area (Å²) in [6.07, 6.45) is 3.51. The minimum Gasteiger partial charge on any atom is -0.344 e. The van der Waals surface area contributed by atoms with E-state index < -0.39 is 0 Å². The van der Waals surface area contributed by atoms with Crippen molar-refractivity contribution in [1.29, 1.82) is 0 Å². The van der Waals surface area contributed by atoms with Gasteiger partial charge in [-0.2, -0.15) is 0 Å². The third kappa shape index (κ3) is 4.75. The molecule has 3 aromatic carbocycles. The van der Waals surface area contributed by atoms with Gasteiger partial charge in [-0.05, 0) is 17.2 Å². The molecule has 1 heterocycles. The van der Waals surface area contributed by atoms with Gasteiger partial charge >= 0.3 is 0 Å². The van der Waals surface area contributed by atoms with E-state index in [1.807, 2.05) is 90.6 Å². The van der Waals surface area contributed by atoms with Crippen LogP contribution >= 0.6 is 0 Å². The number of imidazole rings is 1. The van der Waals surface area contributed by atoms with Crippen molar-refractivity contribution in [3.63, 3.8) is 0 Å². The molecule has 1 aromatic heterocycles. The fraction of sp³-hybridized carbons (Fsp3) is 0.115. The first-order chi connectivity index (χ1) is 15.6. The minimum atomic E-state index is -0.324. The lowest BCUT2D eigenvalue weighted by molar-refractivity contribution is -0.120. The Morgan fingerprint density at radius 3 is 2.06 bits per heavy atom. The van der Waals surface area contributed by atoms with Crippen molar-refractivity contribution in [2.45, 2.75) is 6.04 Å². The Morgan fingerprint density at radius 1 is 0.875 bits per heavy atom. The molecule has 0 radical (unpaired) electrons. The van der Waals surface area contributed by atoms with Gasteiger partial charge in [0.05, 0.1) is 18.2 Å². The molecule has 0 bridgehead atoms. The van der Waals surface area contributed by atoms with Gasteiger partial charge in [-0.1, -0.05) is 78.9 Å². The highest BCUT2D eigenvalue weighted by molar-refractivity contribution is 6.01. The number of rotatable bonds is 7. The lowest BCUT2D eigenvalue weighted by Crippen LogP contribution is -2.39. The first-order valence-corrected chi connectivity index (χ1v) is 10.4. The Balaban J connectivity index is 1.47. The highest BCUT2D eigenvalue weighted by Crippen LogP contribution is 2.22. The molecule has 0 aliphatic heterocycles. The Hall–Kier alpha value is -4.19. The number of carbonyl (C=O) groups excluding carboxylic acids is 2. The molecule has 160 valence electrons. The van der Waals surface area contributed by atoms with Crippen LogP contribution in [-0.4, -0.2) is 27.9 Å². The van der Waals surface area contributed by atoms with E-state index in [2.05, 4.69) is 15.6 Å². The van der Waals surface area contributed by atoms with Crippen LogP contribution in [0.15, 0.2) is 97.3 Å². The molecule has 0 aliphatic rings. The molecule has 2 amide bonds. The molecule has 0 saturated heterocycles. The van der Waals surface area contributed by atoms with Gasteiger partial charge in [-0.15, -0.1) is 0 Å². The van der Waals surface area contributed by atoms with Crippen LogP contribution in [0.4, 0.5) is 0 Å². The summed E-state index contributed by atoms with van der Waals surface area (Å²) in [6, 6.07) is 26.4. The Morgan fingerprint density at radius 2 is 1.47 bits per heavy atom. The summed E-state index contributed by atoms with van der Waals surface area (Å²) in [6.45, 7) is -0.135. The number of aromatic nitrogens is 2. The lowest BCUT2D eigenvalue weighted by Gasteiger charge is -2.20. The molecule has 0 aliphatic carbocycles. The highest BCUT2D eigenvalue weighted by Gasteiger charge is 2.19. The second-order valence-corrected chi connectivity index (χ2v) is 7.41. The van der Waals surface area contributed by atoms with E-state index in [4.69, 9.17) is 0 Å². The van der Waals surface area contributed by atoms with Gasteiger partial charge in [-0.25, -0.2) is 4.98 Å². The van der Waals surface area contributed by atoms with E-state index in [-0.39, 0.29) is 24.4 Å². The molecule has 4 aromatic rings. The molecule has 0 fully saturated rings. The standard InChI is InChI=1S/C26H24N4O2/c1-30-17-16-27-25(30)21-14-8-9-15-22(21)26(32)28-18-23(31)29-24(19-10-4-2-5-11-19)20-12-6-3-7-13-20/h2-17,24H,18H2,1H3,(H,28,32)(H,29,31). The summed E-state index contributed by atoms with van der Waals surface area (Å²) in [4.78, 5) is 30.0. The number of benzene rings is 3. The summed E-state index contributed by atoms with van der Waals surface area (Å²) in [5.74, 6) is 0.0914. The summed E-state index contributed by atoms with van der Waals surface area (Å²) in [5.41, 5.74) is 3.12. The average Bonchev–Trinajstić information content (AvgIpc) is 3.27. The Labute approximate surface area is 186 Å². The second kappa shape index (κ2) is 9.75. The Kier molecular flexibility index (Phi) is 6.41. The van der Waals surface area contributed by atoms with Gasteiger partial charge in [0.2, 0.25) is 5.91 Å². The molecular formula is C26H24N4O2. The molecule has 0 atom stereocenters. The largest absolute Gasteiger partial charge is 0.344 e. The van der Waals surface area contributed by atoms with Gasteiger partial charge in [0.1, 0.15) is 5.82 Å². The third-order valence-electron chi connectivity index (χ3n) is 5.21. The number of nitrogens with one attached hydrogen (secondary N) is 2. The van der Waals surface area contributed by atoms with Gasteiger partial charge in [0.15, 0.2) is 0 Å². The number of hydrogen-bond donors (Lipinski definition) is 2. The van der Waals surface area contributed by atoms with E-state index >= 15 is 0 Å². The SMILES string of the molecule is Cn1ccnc1-c1ccccc1C(=O)NCC(=O)NC(c1ccccc1)c1ccccc1. The smallest absolute Gasteiger partial charge is 0.252 e. The summed E-state index contributed by atoms with van der Waals surface area (Å²) < 4.78 is 1.85. The summed E-state index contributed by atoms with van der Waals surface area (Å²) in [7, 11) is 1.87. The first kappa shape index (κ1) is 21.1. The number of nitrogens with zero attached hydrogens (tertiary/aromatic N) is 2. The van der Waals surface area contributed by atoms with Crippen molar-refractivity contribution in [2.24, 2.45) is 7.05 Å². The molecule has 0 spiro atoms. The van der Waals surface area contributed by atoms with Gasteiger partial charge in [0, 0.05) is 25.0 Å². The van der Waals surface area contributed by atoms with Gasteiger partial charge < -0.3 is 15.2 Å². The quantitative estimate of drug-likeness (QED) is 0.475. The zero-order chi connectivity index (χ0) is 22.3. The van der Waals surface area contributed by atoms with E-state index in [0.717, 1.165) is 11.1 Å². The van der Waals surface area contributed by atoms with Crippen LogP contribution < -0.4 is 10.6 Å². The second-order valence-electron chi connectivity index (χ2n) is 7.41. The molecule has 0 unspecified atom stereocenters. The molecule has 6 heteroatoms. The maximum Gasteiger partial charge on any atom is 0.252 e. The molecule has 2 N–H and O–H groups in total. The zero-order valence-corrected chi connectivity index (χ0v) is 17.7. The van der Waals surface area contributed by atoms with Crippen molar-refractivity contribution in [3.05, 3.63) is 114 Å². The topological polar surface area (TPSA) is 76.0 Å².